The van der Waals surface area contributed by atoms with E-state index in [1.54, 1.807) is 24.3 Å². The fourth-order valence-corrected chi connectivity index (χ4v) is 5.38. The minimum Gasteiger partial charge on any atom is -0.475 e. The molecule has 1 fully saturated rings. The molecule has 0 aromatic heterocycles. The Balaban J connectivity index is 1.98. The van der Waals surface area contributed by atoms with Gasteiger partial charge in [0, 0.05) is 34.1 Å². The summed E-state index contributed by atoms with van der Waals surface area (Å²) in [5, 5.41) is -0.715. The van der Waals surface area contributed by atoms with Crippen LogP contribution in [0.1, 0.15) is 38.8 Å². The summed E-state index contributed by atoms with van der Waals surface area (Å²) in [6.07, 6.45) is -3.08. The summed E-state index contributed by atoms with van der Waals surface area (Å²) < 4.78 is 41.4. The maximum Gasteiger partial charge on any atom is 0.303 e. The number of halogens is 1. The quantitative estimate of drug-likeness (QED) is 0.340. The number of carbonyl (C=O) groups excluding carboxylic acids is 4. The Morgan fingerprint density at radius 3 is 1.95 bits per heavy atom. The molecule has 11 heteroatoms. The van der Waals surface area contributed by atoms with Gasteiger partial charge in [0.1, 0.15) is 18.2 Å². The van der Waals surface area contributed by atoms with Crippen LogP contribution in [0.2, 0.25) is 0 Å². The number of rotatable bonds is 9. The van der Waals surface area contributed by atoms with Crippen LogP contribution >= 0.6 is 11.8 Å². The highest BCUT2D eigenvalue weighted by Crippen LogP contribution is 2.40. The highest BCUT2D eigenvalue weighted by atomic mass is 32.2. The van der Waals surface area contributed by atoms with Crippen LogP contribution in [0.25, 0.3) is 0 Å². The van der Waals surface area contributed by atoms with Crippen LogP contribution in [-0.2, 0) is 44.5 Å². The number of hydrogen-bond donors (Lipinski definition) is 0. The first-order chi connectivity index (χ1) is 18.0. The van der Waals surface area contributed by atoms with Crippen molar-refractivity contribution in [1.82, 2.24) is 0 Å². The van der Waals surface area contributed by atoms with Gasteiger partial charge in [0.25, 0.3) is 0 Å². The van der Waals surface area contributed by atoms with Gasteiger partial charge in [-0.1, -0.05) is 30.3 Å². The number of para-hydroxylation sites is 1. The number of thioether (sulfide) groups is 1. The molecule has 204 valence electrons. The normalized spacial score (nSPS) is 22.6. The third kappa shape index (κ3) is 8.20. The van der Waals surface area contributed by atoms with Crippen molar-refractivity contribution in [3.05, 3.63) is 65.5 Å². The molecule has 38 heavy (non-hydrogen) atoms. The molecular weight excluding hydrogens is 519 g/mol. The Morgan fingerprint density at radius 2 is 1.34 bits per heavy atom. The van der Waals surface area contributed by atoms with E-state index in [0.717, 1.165) is 22.9 Å². The maximum absolute atomic E-state index is 13.4. The van der Waals surface area contributed by atoms with Crippen LogP contribution in [0.3, 0.4) is 0 Å². The van der Waals surface area contributed by atoms with Gasteiger partial charge in [-0.05, 0) is 29.3 Å². The summed E-state index contributed by atoms with van der Waals surface area (Å²) in [6.45, 7) is 4.61. The van der Waals surface area contributed by atoms with E-state index in [1.165, 1.54) is 39.8 Å². The molecule has 1 saturated heterocycles. The van der Waals surface area contributed by atoms with Gasteiger partial charge in [-0.25, -0.2) is 4.39 Å². The Hall–Kier alpha value is -3.60. The van der Waals surface area contributed by atoms with Crippen molar-refractivity contribution in [3.8, 4) is 5.75 Å². The van der Waals surface area contributed by atoms with Gasteiger partial charge in [-0.2, -0.15) is 0 Å². The van der Waals surface area contributed by atoms with Gasteiger partial charge in [0.2, 0.25) is 0 Å². The molecule has 0 saturated carbocycles. The number of carbonyl (C=O) groups is 4. The molecule has 5 atom stereocenters. The lowest BCUT2D eigenvalue weighted by atomic mass is 10.0. The Morgan fingerprint density at radius 1 is 0.763 bits per heavy atom. The molecule has 1 aliphatic rings. The fraction of sp³-hybridized carbons (Fsp3) is 0.407. The second kappa shape index (κ2) is 13.3. The van der Waals surface area contributed by atoms with E-state index in [4.69, 9.17) is 23.7 Å². The second-order valence-corrected chi connectivity index (χ2v) is 9.94. The first-order valence-corrected chi connectivity index (χ1v) is 12.8. The van der Waals surface area contributed by atoms with Crippen molar-refractivity contribution in [2.45, 2.75) is 63.1 Å². The molecule has 0 unspecified atom stereocenters. The molecule has 0 aliphatic carbocycles. The minimum absolute atomic E-state index is 0.181. The molecule has 2 aromatic carbocycles. The van der Waals surface area contributed by atoms with Gasteiger partial charge in [-0.3, -0.25) is 19.2 Å². The zero-order chi connectivity index (χ0) is 27.8. The van der Waals surface area contributed by atoms with E-state index < -0.39 is 52.9 Å². The summed E-state index contributed by atoms with van der Waals surface area (Å²) in [4.78, 5) is 47.6. The lowest BCUT2D eigenvalue weighted by molar-refractivity contribution is -0.190. The first-order valence-electron chi connectivity index (χ1n) is 11.8. The van der Waals surface area contributed by atoms with Crippen LogP contribution in [-0.4, -0.2) is 59.5 Å². The lowest BCUT2D eigenvalue weighted by Gasteiger charge is -2.43. The minimum atomic E-state index is -1.24. The number of esters is 4. The van der Waals surface area contributed by atoms with E-state index >= 15 is 0 Å². The van der Waals surface area contributed by atoms with Gasteiger partial charge in [0.15, 0.2) is 23.7 Å². The first kappa shape index (κ1) is 29.0. The summed E-state index contributed by atoms with van der Waals surface area (Å²) >= 11 is 1.12. The largest absolute Gasteiger partial charge is 0.475 e. The van der Waals surface area contributed by atoms with Gasteiger partial charge < -0.3 is 23.7 Å². The molecule has 0 amide bonds. The molecular formula is C27H29FO9S. The van der Waals surface area contributed by atoms with Crippen LogP contribution in [0.4, 0.5) is 4.39 Å². The highest BCUT2D eigenvalue weighted by molar-refractivity contribution is 8.00. The Kier molecular flexibility index (Phi) is 10.1. The summed E-state index contributed by atoms with van der Waals surface area (Å²) in [5.41, 5.74) is 0.671. The molecule has 0 N–H and O–H groups in total. The average molecular weight is 549 g/mol. The van der Waals surface area contributed by atoms with Crippen LogP contribution in [0, 0.1) is 5.82 Å². The van der Waals surface area contributed by atoms with Crippen LogP contribution < -0.4 is 4.74 Å². The summed E-state index contributed by atoms with van der Waals surface area (Å²) in [7, 11) is 0. The van der Waals surface area contributed by atoms with Crippen molar-refractivity contribution < 1.29 is 47.3 Å². The molecule has 2 aromatic rings. The van der Waals surface area contributed by atoms with Gasteiger partial charge >= 0.3 is 23.9 Å². The number of hydrogen-bond acceptors (Lipinski definition) is 10. The summed E-state index contributed by atoms with van der Waals surface area (Å²) in [5.74, 6) is -2.48. The van der Waals surface area contributed by atoms with E-state index in [2.05, 4.69) is 0 Å². The van der Waals surface area contributed by atoms with Crippen molar-refractivity contribution in [3.63, 3.8) is 0 Å². The molecule has 3 rings (SSSR count). The predicted molar refractivity (Wildman–Crippen MR) is 135 cm³/mol. The van der Waals surface area contributed by atoms with Crippen molar-refractivity contribution in [2.24, 2.45) is 0 Å². The SMILES string of the molecule is CC(=O)OC[C@@H]1S[C@H](Oc2ccccc2Cc2ccc(F)cc2)[C@H](OC(C)=O)[C@@H](OC(C)=O)[C@@H]1OC(C)=O. The van der Waals surface area contributed by atoms with Crippen molar-refractivity contribution in [1.29, 1.82) is 0 Å². The highest BCUT2D eigenvalue weighted by Gasteiger charge is 2.53. The number of ether oxygens (including phenoxy) is 5. The van der Waals surface area contributed by atoms with Crippen LogP contribution in [0.15, 0.2) is 48.5 Å². The predicted octanol–water partition coefficient (Wildman–Crippen LogP) is 3.60. The van der Waals surface area contributed by atoms with Crippen molar-refractivity contribution in [2.75, 3.05) is 6.61 Å². The van der Waals surface area contributed by atoms with Crippen LogP contribution in [0.5, 0.6) is 5.75 Å². The fourth-order valence-electron chi connectivity index (χ4n) is 4.00. The number of benzene rings is 2. The maximum atomic E-state index is 13.4. The Labute approximate surface area is 223 Å². The molecule has 1 heterocycles. The van der Waals surface area contributed by atoms with E-state index in [1.807, 2.05) is 12.1 Å². The lowest BCUT2D eigenvalue weighted by Crippen LogP contribution is -2.59. The zero-order valence-electron chi connectivity index (χ0n) is 21.4. The molecule has 0 radical (unpaired) electrons. The third-order valence-corrected chi connectivity index (χ3v) is 6.86. The van der Waals surface area contributed by atoms with E-state index in [0.29, 0.717) is 12.2 Å². The Bertz CT molecular complexity index is 1150. The topological polar surface area (TPSA) is 114 Å². The van der Waals surface area contributed by atoms with Crippen molar-refractivity contribution >= 4 is 35.6 Å². The average Bonchev–Trinajstić information content (AvgIpc) is 2.83. The zero-order valence-corrected chi connectivity index (χ0v) is 22.2. The van der Waals surface area contributed by atoms with Gasteiger partial charge in [-0.15, -0.1) is 11.8 Å². The van der Waals surface area contributed by atoms with E-state index in [-0.39, 0.29) is 12.4 Å². The molecule has 9 nitrogen and oxygen atoms in total. The smallest absolute Gasteiger partial charge is 0.303 e. The summed E-state index contributed by atoms with van der Waals surface area (Å²) in [6, 6.07) is 13.2. The third-order valence-electron chi connectivity index (χ3n) is 5.47. The standard InChI is InChI=1S/C27H29FO9S/c1-15(29)33-14-23-24(34-16(2)30)25(35-17(3)31)26(36-18(4)32)27(38-23)37-22-8-6-5-7-20(22)13-19-9-11-21(28)12-10-19/h5-12,23-27H,13-14H2,1-4H3/t23-,24+,25-,26+,27-/m0/s1. The van der Waals surface area contributed by atoms with Gasteiger partial charge in [0.05, 0.1) is 5.25 Å². The second-order valence-electron chi connectivity index (χ2n) is 8.60. The monoisotopic (exact) mass is 548 g/mol. The molecule has 0 spiro atoms. The molecule has 1 aliphatic heterocycles. The molecule has 0 bridgehead atoms. The van der Waals surface area contributed by atoms with E-state index in [9.17, 15) is 23.6 Å².